The molecule has 2 heterocycles. The van der Waals surface area contributed by atoms with Gasteiger partial charge in [-0.05, 0) is 44.5 Å². The number of hydrogen-bond acceptors (Lipinski definition) is 4. The van der Waals surface area contributed by atoms with E-state index in [1.165, 1.54) is 17.7 Å². The molecule has 2 rings (SSSR count). The topological polar surface area (TPSA) is 28.2 Å². The normalized spacial score (nSPS) is 18.6. The quantitative estimate of drug-likeness (QED) is 0.839. The molecular weight excluding hydrogens is 254 g/mol. The standard InChI is InChI=1S/C15H25N3S/c1-4-6-16-11-13-5-7-17-14(10-13)18-8-9-19-15(2,3)12-18/h5,7,10,16H,4,6,8-9,11-12H2,1-3H3. The van der Waals surface area contributed by atoms with Crippen molar-refractivity contribution in [3.63, 3.8) is 0 Å². The van der Waals surface area contributed by atoms with Crippen molar-refractivity contribution in [2.24, 2.45) is 0 Å². The zero-order valence-electron chi connectivity index (χ0n) is 12.3. The second kappa shape index (κ2) is 6.62. The largest absolute Gasteiger partial charge is 0.354 e. The summed E-state index contributed by atoms with van der Waals surface area (Å²) in [6.45, 7) is 11.0. The van der Waals surface area contributed by atoms with Crippen LogP contribution in [0.4, 0.5) is 5.82 Å². The van der Waals surface area contributed by atoms with Gasteiger partial charge in [0.2, 0.25) is 0 Å². The second-order valence-corrected chi connectivity index (χ2v) is 7.53. The number of rotatable bonds is 5. The number of nitrogens with zero attached hydrogens (tertiary/aromatic N) is 2. The number of hydrogen-bond donors (Lipinski definition) is 1. The average Bonchev–Trinajstić information content (AvgIpc) is 2.38. The Bertz CT molecular complexity index is 406. The molecule has 0 radical (unpaired) electrons. The summed E-state index contributed by atoms with van der Waals surface area (Å²) in [6, 6.07) is 4.34. The van der Waals surface area contributed by atoms with Crippen LogP contribution in [0.25, 0.3) is 0 Å². The Morgan fingerprint density at radius 3 is 3.05 bits per heavy atom. The molecule has 0 bridgehead atoms. The zero-order valence-corrected chi connectivity index (χ0v) is 13.1. The molecule has 0 amide bonds. The summed E-state index contributed by atoms with van der Waals surface area (Å²) in [5.41, 5.74) is 1.33. The lowest BCUT2D eigenvalue weighted by Crippen LogP contribution is -2.43. The van der Waals surface area contributed by atoms with E-state index in [0.717, 1.165) is 32.0 Å². The van der Waals surface area contributed by atoms with E-state index in [0.29, 0.717) is 4.75 Å². The van der Waals surface area contributed by atoms with Gasteiger partial charge in [0.15, 0.2) is 0 Å². The predicted octanol–water partition coefficient (Wildman–Crippen LogP) is 2.91. The highest BCUT2D eigenvalue weighted by atomic mass is 32.2. The van der Waals surface area contributed by atoms with Crippen molar-refractivity contribution in [1.82, 2.24) is 10.3 Å². The first-order valence-electron chi connectivity index (χ1n) is 7.15. The van der Waals surface area contributed by atoms with Gasteiger partial charge in [-0.15, -0.1) is 0 Å². The third kappa shape index (κ3) is 4.39. The molecule has 1 fully saturated rings. The van der Waals surface area contributed by atoms with Gasteiger partial charge in [-0.25, -0.2) is 4.98 Å². The van der Waals surface area contributed by atoms with Gasteiger partial charge >= 0.3 is 0 Å². The molecule has 0 saturated carbocycles. The molecule has 0 aromatic carbocycles. The van der Waals surface area contributed by atoms with E-state index in [-0.39, 0.29) is 0 Å². The summed E-state index contributed by atoms with van der Waals surface area (Å²) < 4.78 is 0.330. The summed E-state index contributed by atoms with van der Waals surface area (Å²) in [7, 11) is 0. The minimum Gasteiger partial charge on any atom is -0.354 e. The molecule has 0 aliphatic carbocycles. The molecule has 1 N–H and O–H groups in total. The van der Waals surface area contributed by atoms with Crippen LogP contribution in [-0.2, 0) is 6.54 Å². The van der Waals surface area contributed by atoms with Crippen molar-refractivity contribution in [3.05, 3.63) is 23.9 Å². The first-order valence-corrected chi connectivity index (χ1v) is 8.14. The minimum atomic E-state index is 0.330. The lowest BCUT2D eigenvalue weighted by Gasteiger charge is -2.38. The number of anilines is 1. The molecule has 1 aromatic heterocycles. The van der Waals surface area contributed by atoms with Crippen molar-refractivity contribution in [3.8, 4) is 0 Å². The SMILES string of the molecule is CCCNCc1ccnc(N2CCSC(C)(C)C2)c1. The highest BCUT2D eigenvalue weighted by molar-refractivity contribution is 8.00. The van der Waals surface area contributed by atoms with E-state index in [1.807, 2.05) is 6.20 Å². The van der Waals surface area contributed by atoms with E-state index in [2.05, 4.69) is 59.9 Å². The molecule has 19 heavy (non-hydrogen) atoms. The summed E-state index contributed by atoms with van der Waals surface area (Å²) in [4.78, 5) is 6.96. The van der Waals surface area contributed by atoms with Gasteiger partial charge in [0, 0.05) is 36.3 Å². The van der Waals surface area contributed by atoms with Gasteiger partial charge in [0.25, 0.3) is 0 Å². The van der Waals surface area contributed by atoms with Crippen molar-refractivity contribution in [2.75, 3.05) is 30.3 Å². The van der Waals surface area contributed by atoms with E-state index >= 15 is 0 Å². The lowest BCUT2D eigenvalue weighted by molar-refractivity contribution is 0.640. The maximum atomic E-state index is 4.55. The molecule has 1 aliphatic heterocycles. The fourth-order valence-corrected chi connectivity index (χ4v) is 3.48. The molecule has 1 saturated heterocycles. The van der Waals surface area contributed by atoms with E-state index in [1.54, 1.807) is 0 Å². The second-order valence-electron chi connectivity index (χ2n) is 5.73. The van der Waals surface area contributed by atoms with Crippen molar-refractivity contribution >= 4 is 17.6 Å². The summed E-state index contributed by atoms with van der Waals surface area (Å²) in [6.07, 6.45) is 3.11. The molecule has 3 nitrogen and oxygen atoms in total. The first-order chi connectivity index (χ1) is 9.11. The van der Waals surface area contributed by atoms with Gasteiger partial charge in [-0.2, -0.15) is 11.8 Å². The highest BCUT2D eigenvalue weighted by Crippen LogP contribution is 2.31. The number of pyridine rings is 1. The molecule has 0 atom stereocenters. The van der Waals surface area contributed by atoms with Gasteiger partial charge in [0.1, 0.15) is 5.82 Å². The van der Waals surface area contributed by atoms with Crippen LogP contribution < -0.4 is 10.2 Å². The maximum absolute atomic E-state index is 4.55. The monoisotopic (exact) mass is 279 g/mol. The van der Waals surface area contributed by atoms with Crippen LogP contribution in [0, 0.1) is 0 Å². The van der Waals surface area contributed by atoms with Crippen LogP contribution in [-0.4, -0.2) is 35.1 Å². The Morgan fingerprint density at radius 2 is 2.32 bits per heavy atom. The number of thioether (sulfide) groups is 1. The summed E-state index contributed by atoms with van der Waals surface area (Å²) in [5, 5.41) is 3.45. The van der Waals surface area contributed by atoms with Crippen LogP contribution in [0.15, 0.2) is 18.3 Å². The zero-order chi connectivity index (χ0) is 13.7. The highest BCUT2D eigenvalue weighted by Gasteiger charge is 2.27. The van der Waals surface area contributed by atoms with Gasteiger partial charge in [-0.1, -0.05) is 6.92 Å². The Hall–Kier alpha value is -0.740. The van der Waals surface area contributed by atoms with Crippen molar-refractivity contribution in [2.45, 2.75) is 38.5 Å². The van der Waals surface area contributed by atoms with E-state index in [9.17, 15) is 0 Å². The minimum absolute atomic E-state index is 0.330. The van der Waals surface area contributed by atoms with Crippen molar-refractivity contribution in [1.29, 1.82) is 0 Å². The van der Waals surface area contributed by atoms with Gasteiger partial charge < -0.3 is 10.2 Å². The van der Waals surface area contributed by atoms with Crippen LogP contribution in [0.3, 0.4) is 0 Å². The smallest absolute Gasteiger partial charge is 0.128 e. The number of nitrogens with one attached hydrogen (secondary N) is 1. The van der Waals surface area contributed by atoms with Gasteiger partial charge in [0.05, 0.1) is 0 Å². The fraction of sp³-hybridized carbons (Fsp3) is 0.667. The molecule has 1 aromatic rings. The van der Waals surface area contributed by atoms with E-state index < -0.39 is 0 Å². The molecule has 1 aliphatic rings. The summed E-state index contributed by atoms with van der Waals surface area (Å²) in [5.74, 6) is 2.32. The number of aromatic nitrogens is 1. The molecule has 4 heteroatoms. The molecule has 0 spiro atoms. The summed E-state index contributed by atoms with van der Waals surface area (Å²) >= 11 is 2.06. The Labute approximate surface area is 121 Å². The van der Waals surface area contributed by atoms with Crippen LogP contribution >= 0.6 is 11.8 Å². The first kappa shape index (κ1) is 14.7. The average molecular weight is 279 g/mol. The predicted molar refractivity (Wildman–Crippen MR) is 85.0 cm³/mol. The molecule has 106 valence electrons. The Kier molecular flexibility index (Phi) is 5.11. The van der Waals surface area contributed by atoms with Crippen LogP contribution in [0.5, 0.6) is 0 Å². The lowest BCUT2D eigenvalue weighted by atomic mass is 10.1. The Balaban J connectivity index is 2.01. The third-order valence-corrected chi connectivity index (χ3v) is 4.61. The third-order valence-electron chi connectivity index (χ3n) is 3.32. The van der Waals surface area contributed by atoms with Crippen LogP contribution in [0.2, 0.25) is 0 Å². The Morgan fingerprint density at radius 1 is 1.47 bits per heavy atom. The van der Waals surface area contributed by atoms with E-state index in [4.69, 9.17) is 0 Å². The van der Waals surface area contributed by atoms with Crippen LogP contribution in [0.1, 0.15) is 32.8 Å². The van der Waals surface area contributed by atoms with Gasteiger partial charge in [-0.3, -0.25) is 0 Å². The fourth-order valence-electron chi connectivity index (χ4n) is 2.36. The van der Waals surface area contributed by atoms with Crippen molar-refractivity contribution < 1.29 is 0 Å². The molecule has 0 unspecified atom stereocenters. The molecular formula is C15H25N3S. The maximum Gasteiger partial charge on any atom is 0.128 e.